The summed E-state index contributed by atoms with van der Waals surface area (Å²) in [5, 5.41) is 0. The van der Waals surface area contributed by atoms with Gasteiger partial charge >= 0.3 is 12.1 Å². The lowest BCUT2D eigenvalue weighted by atomic mass is 10.1. The van der Waals surface area contributed by atoms with Gasteiger partial charge in [-0.05, 0) is 50.4 Å². The van der Waals surface area contributed by atoms with E-state index in [1.807, 2.05) is 25.1 Å². The first-order valence-electron chi connectivity index (χ1n) is 9.80. The van der Waals surface area contributed by atoms with E-state index < -0.39 is 24.4 Å². The van der Waals surface area contributed by atoms with Crippen molar-refractivity contribution in [2.75, 3.05) is 20.4 Å². The Balaban J connectivity index is 1.78. The van der Waals surface area contributed by atoms with Crippen molar-refractivity contribution in [3.8, 4) is 11.5 Å². The van der Waals surface area contributed by atoms with Crippen LogP contribution in [-0.4, -0.2) is 55.7 Å². The van der Waals surface area contributed by atoms with Crippen LogP contribution in [-0.2, 0) is 20.7 Å². The first-order chi connectivity index (χ1) is 13.8. The summed E-state index contributed by atoms with van der Waals surface area (Å²) in [5.41, 5.74) is 12.2. The van der Waals surface area contributed by atoms with E-state index in [0.717, 1.165) is 18.4 Å². The van der Waals surface area contributed by atoms with Gasteiger partial charge in [0.15, 0.2) is 11.5 Å². The average Bonchev–Trinajstić information content (AvgIpc) is 3.14. The maximum Gasteiger partial charge on any atom is 0.412 e. The van der Waals surface area contributed by atoms with E-state index in [4.69, 9.17) is 30.4 Å². The third-order valence-corrected chi connectivity index (χ3v) is 4.74. The molecule has 1 aliphatic rings. The third kappa shape index (κ3) is 6.79. The number of fused-ring (bicyclic) bond motifs is 1. The molecule has 29 heavy (non-hydrogen) atoms. The van der Waals surface area contributed by atoms with Crippen LogP contribution in [0.5, 0.6) is 11.5 Å². The van der Waals surface area contributed by atoms with Crippen molar-refractivity contribution in [3.05, 3.63) is 23.8 Å². The fraction of sp³-hybridized carbons (Fsp3) is 0.600. The number of carbonyl (C=O) groups excluding carboxylic acids is 2. The zero-order valence-corrected chi connectivity index (χ0v) is 17.3. The van der Waals surface area contributed by atoms with Crippen molar-refractivity contribution >= 4 is 12.1 Å². The summed E-state index contributed by atoms with van der Waals surface area (Å²) in [6.07, 6.45) is 0.982. The summed E-state index contributed by atoms with van der Waals surface area (Å²) in [7, 11) is 1.63. The highest BCUT2D eigenvalue weighted by Crippen LogP contribution is 2.33. The largest absolute Gasteiger partial charge is 0.454 e. The lowest BCUT2D eigenvalue weighted by molar-refractivity contribution is -0.167. The topological polar surface area (TPSA) is 126 Å². The molecule has 9 nitrogen and oxygen atoms in total. The molecule has 162 valence electrons. The summed E-state index contributed by atoms with van der Waals surface area (Å²) in [4.78, 5) is 25.8. The Morgan fingerprint density at radius 2 is 1.90 bits per heavy atom. The molecule has 1 aromatic rings. The zero-order valence-electron chi connectivity index (χ0n) is 17.3. The van der Waals surface area contributed by atoms with E-state index in [2.05, 4.69) is 0 Å². The van der Waals surface area contributed by atoms with Crippen LogP contribution in [0.15, 0.2) is 18.2 Å². The Bertz CT molecular complexity index is 699. The Kier molecular flexibility index (Phi) is 8.53. The Morgan fingerprint density at radius 1 is 1.17 bits per heavy atom. The molecule has 4 N–H and O–H groups in total. The minimum atomic E-state index is -1.03. The van der Waals surface area contributed by atoms with Gasteiger partial charge in [0.1, 0.15) is 6.04 Å². The molecule has 0 bridgehead atoms. The van der Waals surface area contributed by atoms with Gasteiger partial charge in [-0.2, -0.15) is 0 Å². The molecular weight excluding hydrogens is 378 g/mol. The lowest BCUT2D eigenvalue weighted by Crippen LogP contribution is -2.40. The second kappa shape index (κ2) is 10.9. The van der Waals surface area contributed by atoms with E-state index in [1.165, 1.54) is 11.8 Å². The van der Waals surface area contributed by atoms with Crippen LogP contribution in [0.4, 0.5) is 4.79 Å². The fourth-order valence-corrected chi connectivity index (χ4v) is 2.85. The number of unbranched alkanes of at least 4 members (excludes halogenated alkanes) is 1. The van der Waals surface area contributed by atoms with Gasteiger partial charge in [0.2, 0.25) is 13.1 Å². The van der Waals surface area contributed by atoms with Crippen molar-refractivity contribution in [1.82, 2.24) is 4.90 Å². The second-order valence-electron chi connectivity index (χ2n) is 7.13. The van der Waals surface area contributed by atoms with Gasteiger partial charge in [-0.15, -0.1) is 0 Å². The molecule has 0 aliphatic carbocycles. The van der Waals surface area contributed by atoms with Gasteiger partial charge in [-0.1, -0.05) is 12.5 Å². The molecule has 1 aliphatic heterocycles. The molecule has 3 unspecified atom stereocenters. The van der Waals surface area contributed by atoms with Crippen molar-refractivity contribution in [2.45, 2.75) is 57.9 Å². The molecule has 0 aromatic heterocycles. The zero-order chi connectivity index (χ0) is 21.4. The average molecular weight is 409 g/mol. The summed E-state index contributed by atoms with van der Waals surface area (Å²) >= 11 is 0. The van der Waals surface area contributed by atoms with E-state index in [1.54, 1.807) is 7.05 Å². The normalized spacial score (nSPS) is 15.3. The number of likely N-dealkylation sites (N-methyl/N-ethyl adjacent to an activating group) is 1. The second-order valence-corrected chi connectivity index (χ2v) is 7.13. The van der Waals surface area contributed by atoms with Crippen LogP contribution in [0.3, 0.4) is 0 Å². The highest BCUT2D eigenvalue weighted by atomic mass is 16.7. The standard InChI is InChI=1S/C20H31N3O6/c1-13(10-15-7-8-17-18(11-15)27-12-26-17)23(3)20(25)29-14(2)28-19(24)16(22)6-4-5-9-21/h7-8,11,13-14,16H,4-6,9-10,12,21-22H2,1-3H3. The summed E-state index contributed by atoms with van der Waals surface area (Å²) in [6, 6.07) is 4.77. The third-order valence-electron chi connectivity index (χ3n) is 4.74. The number of hydrogen-bond acceptors (Lipinski definition) is 8. The van der Waals surface area contributed by atoms with Gasteiger partial charge in [0.05, 0.1) is 0 Å². The maximum atomic E-state index is 12.4. The van der Waals surface area contributed by atoms with Gasteiger partial charge in [0, 0.05) is 20.0 Å². The number of benzene rings is 1. The maximum absolute atomic E-state index is 12.4. The van der Waals surface area contributed by atoms with Gasteiger partial charge in [-0.25, -0.2) is 4.79 Å². The summed E-state index contributed by atoms with van der Waals surface area (Å²) < 4.78 is 21.0. The van der Waals surface area contributed by atoms with Crippen LogP contribution >= 0.6 is 0 Å². The number of carbonyl (C=O) groups is 2. The van der Waals surface area contributed by atoms with Gasteiger partial charge in [-0.3, -0.25) is 4.79 Å². The smallest absolute Gasteiger partial charge is 0.412 e. The van der Waals surface area contributed by atoms with E-state index in [-0.39, 0.29) is 12.8 Å². The van der Waals surface area contributed by atoms with E-state index >= 15 is 0 Å². The molecule has 1 aromatic carbocycles. The number of hydrogen-bond donors (Lipinski definition) is 2. The Hall–Kier alpha value is -2.52. The first-order valence-corrected chi connectivity index (χ1v) is 9.80. The monoisotopic (exact) mass is 409 g/mol. The molecule has 2 rings (SSSR count). The Labute approximate surface area is 171 Å². The van der Waals surface area contributed by atoms with Crippen LogP contribution in [0.2, 0.25) is 0 Å². The van der Waals surface area contributed by atoms with Crippen LogP contribution in [0, 0.1) is 0 Å². The number of esters is 1. The van der Waals surface area contributed by atoms with Crippen molar-refractivity contribution in [3.63, 3.8) is 0 Å². The highest BCUT2D eigenvalue weighted by Gasteiger charge is 2.24. The molecule has 0 radical (unpaired) electrons. The van der Waals surface area contributed by atoms with Crippen LogP contribution < -0.4 is 20.9 Å². The van der Waals surface area contributed by atoms with E-state index in [0.29, 0.717) is 30.9 Å². The number of nitrogens with zero attached hydrogens (tertiary/aromatic N) is 1. The van der Waals surface area contributed by atoms with Crippen molar-refractivity contribution in [2.24, 2.45) is 11.5 Å². The summed E-state index contributed by atoms with van der Waals surface area (Å²) in [5.74, 6) is 0.813. The molecule has 1 amide bonds. The minimum Gasteiger partial charge on any atom is -0.454 e. The SMILES string of the molecule is CC(OC(=O)C(N)CCCCN)OC(=O)N(C)C(C)Cc1ccc2c(c1)OCO2. The van der Waals surface area contributed by atoms with Crippen LogP contribution in [0.1, 0.15) is 38.7 Å². The summed E-state index contributed by atoms with van der Waals surface area (Å²) in [6.45, 7) is 4.15. The number of ether oxygens (including phenoxy) is 4. The van der Waals surface area contributed by atoms with E-state index in [9.17, 15) is 9.59 Å². The molecule has 0 spiro atoms. The quantitative estimate of drug-likeness (QED) is 0.340. The Morgan fingerprint density at radius 3 is 2.62 bits per heavy atom. The molecule has 0 saturated heterocycles. The van der Waals surface area contributed by atoms with Gasteiger partial charge in [0.25, 0.3) is 0 Å². The highest BCUT2D eigenvalue weighted by molar-refractivity contribution is 5.75. The molecule has 3 atom stereocenters. The predicted molar refractivity (Wildman–Crippen MR) is 106 cm³/mol. The van der Waals surface area contributed by atoms with Crippen molar-refractivity contribution in [1.29, 1.82) is 0 Å². The number of amides is 1. The lowest BCUT2D eigenvalue weighted by Gasteiger charge is -2.26. The predicted octanol–water partition coefficient (Wildman–Crippen LogP) is 1.76. The minimum absolute atomic E-state index is 0.149. The number of rotatable bonds is 10. The van der Waals surface area contributed by atoms with Crippen LogP contribution in [0.25, 0.3) is 0 Å². The molecule has 9 heteroatoms. The molecule has 0 fully saturated rings. The molecular formula is C20H31N3O6. The fourth-order valence-electron chi connectivity index (χ4n) is 2.85. The first kappa shape index (κ1) is 22.8. The molecule has 0 saturated carbocycles. The number of nitrogens with two attached hydrogens (primary N) is 2. The molecule has 1 heterocycles. The van der Waals surface area contributed by atoms with Crippen molar-refractivity contribution < 1.29 is 28.5 Å². The van der Waals surface area contributed by atoms with Gasteiger partial charge < -0.3 is 35.3 Å².